The average molecular weight is 466 g/mol. The SMILES string of the molecule is C=CCOc1c(Br)cc(/C=c2\s/c(=C\C(=O)C(C)(C)C)[nH]c2=O)cc1OCC. The van der Waals surface area contributed by atoms with E-state index in [9.17, 15) is 9.59 Å². The molecule has 150 valence electrons. The number of hydrogen-bond donors (Lipinski definition) is 1. The van der Waals surface area contributed by atoms with Crippen molar-refractivity contribution in [2.45, 2.75) is 27.7 Å². The van der Waals surface area contributed by atoms with Gasteiger partial charge in [-0.1, -0.05) is 33.4 Å². The zero-order chi connectivity index (χ0) is 20.9. The normalized spacial score (nSPS) is 12.9. The van der Waals surface area contributed by atoms with Crippen molar-refractivity contribution in [1.29, 1.82) is 0 Å². The molecule has 0 atom stereocenters. The zero-order valence-electron chi connectivity index (χ0n) is 16.4. The number of nitrogens with one attached hydrogen (secondary N) is 1. The second-order valence-corrected chi connectivity index (χ2v) is 8.99. The van der Waals surface area contributed by atoms with Crippen molar-refractivity contribution >= 4 is 45.2 Å². The van der Waals surface area contributed by atoms with E-state index in [4.69, 9.17) is 9.47 Å². The zero-order valence-corrected chi connectivity index (χ0v) is 18.8. The lowest BCUT2D eigenvalue weighted by atomic mass is 9.91. The number of Topliss-reactive ketones (excluding diaryl/α,β-unsaturated/α-hetero) is 1. The fourth-order valence-corrected chi connectivity index (χ4v) is 3.69. The Kier molecular flexibility index (Phi) is 7.43. The fourth-order valence-electron chi connectivity index (χ4n) is 2.23. The predicted molar refractivity (Wildman–Crippen MR) is 118 cm³/mol. The summed E-state index contributed by atoms with van der Waals surface area (Å²) in [5, 5.41) is 0. The number of hydrogen-bond acceptors (Lipinski definition) is 5. The number of benzene rings is 1. The quantitative estimate of drug-likeness (QED) is 0.636. The van der Waals surface area contributed by atoms with E-state index in [1.54, 1.807) is 12.2 Å². The molecule has 7 heteroatoms. The first-order chi connectivity index (χ1) is 13.2. The largest absolute Gasteiger partial charge is 0.490 e. The number of carbonyl (C=O) groups excluding carboxylic acids is 1. The van der Waals surface area contributed by atoms with Gasteiger partial charge in [0, 0.05) is 11.5 Å². The van der Waals surface area contributed by atoms with Crippen LogP contribution in [-0.2, 0) is 4.79 Å². The number of H-pyrrole nitrogens is 1. The lowest BCUT2D eigenvalue weighted by Crippen LogP contribution is -2.22. The summed E-state index contributed by atoms with van der Waals surface area (Å²) < 4.78 is 13.1. The van der Waals surface area contributed by atoms with Gasteiger partial charge in [0.25, 0.3) is 5.56 Å². The van der Waals surface area contributed by atoms with Gasteiger partial charge in [0.1, 0.15) is 6.61 Å². The summed E-state index contributed by atoms with van der Waals surface area (Å²) in [7, 11) is 0. The van der Waals surface area contributed by atoms with E-state index in [0.29, 0.717) is 38.4 Å². The van der Waals surface area contributed by atoms with Crippen LogP contribution in [0.5, 0.6) is 11.5 Å². The molecule has 1 N–H and O–H groups in total. The first kappa shape index (κ1) is 22.2. The summed E-state index contributed by atoms with van der Waals surface area (Å²) in [5.41, 5.74) is 0.0462. The average Bonchev–Trinajstić information content (AvgIpc) is 2.93. The number of ether oxygens (including phenoxy) is 2. The highest BCUT2D eigenvalue weighted by Gasteiger charge is 2.18. The van der Waals surface area contributed by atoms with Crippen LogP contribution in [0.3, 0.4) is 0 Å². The van der Waals surface area contributed by atoms with E-state index in [1.807, 2.05) is 39.8 Å². The third-order valence-corrected chi connectivity index (χ3v) is 5.21. The fraction of sp³-hybridized carbons (Fsp3) is 0.333. The predicted octanol–water partition coefficient (Wildman–Crippen LogP) is 3.39. The number of rotatable bonds is 7. The minimum absolute atomic E-state index is 0.0401. The van der Waals surface area contributed by atoms with Gasteiger partial charge in [0.05, 0.1) is 20.3 Å². The van der Waals surface area contributed by atoms with E-state index < -0.39 is 5.41 Å². The molecule has 0 radical (unpaired) electrons. The van der Waals surface area contributed by atoms with Crippen molar-refractivity contribution in [2.24, 2.45) is 5.41 Å². The summed E-state index contributed by atoms with van der Waals surface area (Å²) in [6, 6.07) is 3.67. The number of aromatic nitrogens is 1. The van der Waals surface area contributed by atoms with Gasteiger partial charge in [-0.3, -0.25) is 9.59 Å². The molecule has 0 amide bonds. The molecule has 2 aromatic rings. The number of halogens is 1. The van der Waals surface area contributed by atoms with E-state index in [0.717, 1.165) is 5.56 Å². The van der Waals surface area contributed by atoms with Crippen LogP contribution in [0.15, 0.2) is 34.1 Å². The molecule has 1 aromatic carbocycles. The molecule has 0 aliphatic carbocycles. The van der Waals surface area contributed by atoms with Crippen molar-refractivity contribution in [3.8, 4) is 11.5 Å². The van der Waals surface area contributed by atoms with Crippen molar-refractivity contribution < 1.29 is 14.3 Å². The van der Waals surface area contributed by atoms with Gasteiger partial charge in [-0.05, 0) is 46.6 Å². The Labute approximate surface area is 176 Å². The van der Waals surface area contributed by atoms with Crippen LogP contribution in [0.4, 0.5) is 0 Å². The first-order valence-corrected chi connectivity index (χ1v) is 10.4. The van der Waals surface area contributed by atoms with E-state index in [2.05, 4.69) is 27.5 Å². The molecule has 0 fully saturated rings. The highest BCUT2D eigenvalue weighted by molar-refractivity contribution is 9.10. The Balaban J connectivity index is 2.51. The second-order valence-electron chi connectivity index (χ2n) is 7.05. The Morgan fingerprint density at radius 1 is 1.32 bits per heavy atom. The summed E-state index contributed by atoms with van der Waals surface area (Å²) in [6.45, 7) is 11.9. The summed E-state index contributed by atoms with van der Waals surface area (Å²) in [5.74, 6) is 1.12. The van der Waals surface area contributed by atoms with Crippen LogP contribution < -0.4 is 24.2 Å². The van der Waals surface area contributed by atoms with Crippen LogP contribution in [-0.4, -0.2) is 24.0 Å². The standard InChI is InChI=1S/C21H24BrNO4S/c1-6-8-27-19-14(22)9-13(10-15(19)26-7-2)11-16-20(25)23-18(28-16)12-17(24)21(3,4)5/h6,9-12H,1,7-8H2,2-5H3,(H,23,25)/b16-11-,18-12-. The number of ketones is 1. The maximum atomic E-state index is 12.3. The highest BCUT2D eigenvalue weighted by Crippen LogP contribution is 2.37. The molecule has 1 aromatic heterocycles. The Hall–Kier alpha value is -2.12. The molecule has 0 saturated heterocycles. The molecule has 0 aliphatic heterocycles. The molecule has 0 unspecified atom stereocenters. The Bertz CT molecular complexity index is 1040. The number of thiazole rings is 1. The van der Waals surface area contributed by atoms with Gasteiger partial charge in [0.15, 0.2) is 17.3 Å². The third kappa shape index (κ3) is 5.69. The van der Waals surface area contributed by atoms with Crippen LogP contribution in [0.25, 0.3) is 12.2 Å². The summed E-state index contributed by atoms with van der Waals surface area (Å²) >= 11 is 4.74. The van der Waals surface area contributed by atoms with Crippen LogP contribution in [0.1, 0.15) is 33.3 Å². The molecule has 0 spiro atoms. The topological polar surface area (TPSA) is 68.4 Å². The molecular formula is C21H24BrNO4S. The van der Waals surface area contributed by atoms with Gasteiger partial charge >= 0.3 is 0 Å². The minimum Gasteiger partial charge on any atom is -0.490 e. The summed E-state index contributed by atoms with van der Waals surface area (Å²) in [4.78, 5) is 27.2. The van der Waals surface area contributed by atoms with Gasteiger partial charge in [-0.15, -0.1) is 11.3 Å². The lowest BCUT2D eigenvalue weighted by molar-refractivity contribution is -0.119. The molecule has 0 bridgehead atoms. The van der Waals surface area contributed by atoms with Crippen LogP contribution in [0.2, 0.25) is 0 Å². The van der Waals surface area contributed by atoms with E-state index in [1.165, 1.54) is 17.4 Å². The minimum atomic E-state index is -0.497. The Morgan fingerprint density at radius 3 is 2.64 bits per heavy atom. The summed E-state index contributed by atoms with van der Waals surface area (Å²) in [6.07, 6.45) is 4.90. The van der Waals surface area contributed by atoms with Crippen LogP contribution in [0, 0.1) is 5.41 Å². The maximum Gasteiger partial charge on any atom is 0.266 e. The Morgan fingerprint density at radius 2 is 2.04 bits per heavy atom. The molecule has 1 heterocycles. The van der Waals surface area contributed by atoms with Gasteiger partial charge < -0.3 is 14.5 Å². The van der Waals surface area contributed by atoms with Gasteiger partial charge in [-0.2, -0.15) is 0 Å². The molecule has 0 aliphatic rings. The van der Waals surface area contributed by atoms with Crippen LogP contribution >= 0.6 is 27.3 Å². The van der Waals surface area contributed by atoms with Crippen molar-refractivity contribution in [2.75, 3.05) is 13.2 Å². The van der Waals surface area contributed by atoms with Crippen molar-refractivity contribution in [3.05, 3.63) is 54.4 Å². The highest BCUT2D eigenvalue weighted by atomic mass is 79.9. The maximum absolute atomic E-state index is 12.3. The molecule has 0 saturated carbocycles. The van der Waals surface area contributed by atoms with E-state index >= 15 is 0 Å². The number of carbonyl (C=O) groups is 1. The van der Waals surface area contributed by atoms with E-state index in [-0.39, 0.29) is 11.3 Å². The number of aromatic amines is 1. The van der Waals surface area contributed by atoms with Gasteiger partial charge in [-0.25, -0.2) is 0 Å². The van der Waals surface area contributed by atoms with Gasteiger partial charge in [0.2, 0.25) is 0 Å². The molecular weight excluding hydrogens is 442 g/mol. The lowest BCUT2D eigenvalue weighted by Gasteiger charge is -2.13. The second kappa shape index (κ2) is 9.39. The monoisotopic (exact) mass is 465 g/mol. The van der Waals surface area contributed by atoms with Crippen molar-refractivity contribution in [3.63, 3.8) is 0 Å². The smallest absolute Gasteiger partial charge is 0.266 e. The van der Waals surface area contributed by atoms with Crippen molar-refractivity contribution in [1.82, 2.24) is 4.98 Å². The first-order valence-electron chi connectivity index (χ1n) is 8.82. The molecule has 28 heavy (non-hydrogen) atoms. The third-order valence-electron chi connectivity index (χ3n) is 3.66. The molecule has 5 nitrogen and oxygen atoms in total. The molecule has 2 rings (SSSR count).